The van der Waals surface area contributed by atoms with Crippen LogP contribution in [-0.4, -0.2) is 55.2 Å². The molecular weight excluding hydrogens is 304 g/mol. The molecule has 2 saturated heterocycles. The summed E-state index contributed by atoms with van der Waals surface area (Å²) in [6.07, 6.45) is 0.277. The number of hydrogen-bond acceptors (Lipinski definition) is 5. The minimum atomic E-state index is -0.272. The molecule has 0 saturated carbocycles. The first-order chi connectivity index (χ1) is 11.5. The van der Waals surface area contributed by atoms with Crippen LogP contribution in [0.15, 0.2) is 27.4 Å². The standard InChI is InChI=1S/C19H24N2O3/c1-12-6-15-14(8-19(22)24-17(15)7-13(12)2)9-21-10-16-18(11-21)23-5-4-20(16)3/h6-8,16,18H,4-5,9-11H2,1-3H3/t16-,18-/m0/s1. The number of nitrogens with zero attached hydrogens (tertiary/aromatic N) is 2. The van der Waals surface area contributed by atoms with Crippen LogP contribution in [0.25, 0.3) is 11.0 Å². The van der Waals surface area contributed by atoms with Crippen LogP contribution in [0.5, 0.6) is 0 Å². The van der Waals surface area contributed by atoms with Crippen molar-refractivity contribution < 1.29 is 9.15 Å². The summed E-state index contributed by atoms with van der Waals surface area (Å²) in [4.78, 5) is 16.7. The van der Waals surface area contributed by atoms with E-state index in [1.165, 1.54) is 5.56 Å². The van der Waals surface area contributed by atoms with E-state index in [2.05, 4.69) is 29.8 Å². The molecule has 0 amide bonds. The molecule has 1 aromatic carbocycles. The highest BCUT2D eigenvalue weighted by Crippen LogP contribution is 2.26. The summed E-state index contributed by atoms with van der Waals surface area (Å²) in [5, 5.41) is 1.04. The molecule has 24 heavy (non-hydrogen) atoms. The molecule has 2 aromatic rings. The quantitative estimate of drug-likeness (QED) is 0.788. The second kappa shape index (κ2) is 5.99. The molecule has 2 aliphatic heterocycles. The highest BCUT2D eigenvalue weighted by Gasteiger charge is 2.38. The molecule has 4 rings (SSSR count). The summed E-state index contributed by atoms with van der Waals surface area (Å²) in [6.45, 7) is 8.59. The van der Waals surface area contributed by atoms with Crippen LogP contribution in [0.4, 0.5) is 0 Å². The van der Waals surface area contributed by atoms with Gasteiger partial charge in [0.05, 0.1) is 12.7 Å². The van der Waals surface area contributed by atoms with E-state index < -0.39 is 0 Å². The molecule has 2 aliphatic rings. The maximum atomic E-state index is 12.0. The Hall–Kier alpha value is -1.69. The van der Waals surface area contributed by atoms with Gasteiger partial charge in [-0.15, -0.1) is 0 Å². The van der Waals surface area contributed by atoms with Crippen molar-refractivity contribution in [3.63, 3.8) is 0 Å². The summed E-state index contributed by atoms with van der Waals surface area (Å²) in [6, 6.07) is 6.20. The Labute approximate surface area is 141 Å². The monoisotopic (exact) mass is 328 g/mol. The third-order valence-electron chi connectivity index (χ3n) is 5.49. The third-order valence-corrected chi connectivity index (χ3v) is 5.49. The number of benzene rings is 1. The topological polar surface area (TPSA) is 45.9 Å². The molecule has 0 unspecified atom stereocenters. The molecule has 5 nitrogen and oxygen atoms in total. The van der Waals surface area contributed by atoms with E-state index in [1.54, 1.807) is 6.07 Å². The van der Waals surface area contributed by atoms with Crippen LogP contribution < -0.4 is 5.63 Å². The van der Waals surface area contributed by atoms with Crippen molar-refractivity contribution in [3.8, 4) is 0 Å². The van der Waals surface area contributed by atoms with Gasteiger partial charge >= 0.3 is 5.63 Å². The fourth-order valence-electron chi connectivity index (χ4n) is 3.92. The number of aryl methyl sites for hydroxylation is 2. The van der Waals surface area contributed by atoms with Gasteiger partial charge in [-0.1, -0.05) is 0 Å². The van der Waals surface area contributed by atoms with Crippen molar-refractivity contribution in [2.45, 2.75) is 32.5 Å². The summed E-state index contributed by atoms with van der Waals surface area (Å²) in [5.41, 5.74) is 3.82. The highest BCUT2D eigenvalue weighted by molar-refractivity contribution is 5.81. The first-order valence-corrected chi connectivity index (χ1v) is 8.59. The summed E-state index contributed by atoms with van der Waals surface area (Å²) in [5.74, 6) is 0. The lowest BCUT2D eigenvalue weighted by Crippen LogP contribution is -2.48. The molecule has 2 fully saturated rings. The smallest absolute Gasteiger partial charge is 0.336 e. The van der Waals surface area contributed by atoms with Crippen LogP contribution in [-0.2, 0) is 11.3 Å². The minimum Gasteiger partial charge on any atom is -0.423 e. The van der Waals surface area contributed by atoms with Crippen molar-refractivity contribution >= 4 is 11.0 Å². The minimum absolute atomic E-state index is 0.272. The highest BCUT2D eigenvalue weighted by atomic mass is 16.5. The molecule has 0 radical (unpaired) electrons. The summed E-state index contributed by atoms with van der Waals surface area (Å²) in [7, 11) is 2.17. The first-order valence-electron chi connectivity index (χ1n) is 8.59. The maximum Gasteiger partial charge on any atom is 0.336 e. The zero-order valence-electron chi connectivity index (χ0n) is 14.5. The molecule has 0 aliphatic carbocycles. The van der Waals surface area contributed by atoms with E-state index in [9.17, 15) is 4.79 Å². The van der Waals surface area contributed by atoms with Gasteiger partial charge < -0.3 is 9.15 Å². The molecule has 128 valence electrons. The van der Waals surface area contributed by atoms with Crippen LogP contribution in [0.2, 0.25) is 0 Å². The molecule has 2 atom stereocenters. The van der Waals surface area contributed by atoms with Gasteiger partial charge in [0.15, 0.2) is 0 Å². The molecular formula is C19H24N2O3. The van der Waals surface area contributed by atoms with E-state index in [0.29, 0.717) is 11.6 Å². The Balaban J connectivity index is 1.65. The molecule has 0 bridgehead atoms. The Kier molecular flexibility index (Phi) is 3.95. The van der Waals surface area contributed by atoms with Crippen molar-refractivity contribution in [2.24, 2.45) is 0 Å². The molecule has 1 aromatic heterocycles. The lowest BCUT2D eigenvalue weighted by atomic mass is 10.0. The lowest BCUT2D eigenvalue weighted by Gasteiger charge is -2.33. The Morgan fingerprint density at radius 3 is 2.75 bits per heavy atom. The van der Waals surface area contributed by atoms with E-state index in [-0.39, 0.29) is 11.7 Å². The van der Waals surface area contributed by atoms with Gasteiger partial charge in [-0.2, -0.15) is 0 Å². The van der Waals surface area contributed by atoms with Crippen molar-refractivity contribution in [1.29, 1.82) is 0 Å². The Bertz CT molecular complexity index is 829. The number of hydrogen-bond donors (Lipinski definition) is 0. The molecule has 0 spiro atoms. The average molecular weight is 328 g/mol. The summed E-state index contributed by atoms with van der Waals surface area (Å²) < 4.78 is 11.3. The largest absolute Gasteiger partial charge is 0.423 e. The van der Waals surface area contributed by atoms with Crippen molar-refractivity contribution in [2.75, 3.05) is 33.3 Å². The number of ether oxygens (including phenoxy) is 1. The van der Waals surface area contributed by atoms with Crippen LogP contribution in [0.1, 0.15) is 16.7 Å². The van der Waals surface area contributed by atoms with E-state index in [4.69, 9.17) is 9.15 Å². The molecule has 5 heteroatoms. The zero-order valence-corrected chi connectivity index (χ0v) is 14.5. The van der Waals surface area contributed by atoms with Gasteiger partial charge in [-0.25, -0.2) is 4.79 Å². The number of likely N-dealkylation sites (tertiary alicyclic amines) is 1. The second-order valence-corrected chi connectivity index (χ2v) is 7.17. The van der Waals surface area contributed by atoms with Gasteiger partial charge in [0.1, 0.15) is 5.58 Å². The SMILES string of the molecule is Cc1cc2oc(=O)cc(CN3C[C@@H]4OCCN(C)[C@H]4C3)c2cc1C. The van der Waals surface area contributed by atoms with Gasteiger partial charge in [0.25, 0.3) is 0 Å². The number of fused-ring (bicyclic) bond motifs is 2. The maximum absolute atomic E-state index is 12.0. The lowest BCUT2D eigenvalue weighted by molar-refractivity contribution is -0.0370. The summed E-state index contributed by atoms with van der Waals surface area (Å²) >= 11 is 0. The van der Waals surface area contributed by atoms with E-state index >= 15 is 0 Å². The fraction of sp³-hybridized carbons (Fsp3) is 0.526. The van der Waals surface area contributed by atoms with Crippen LogP contribution in [0, 0.1) is 13.8 Å². The predicted molar refractivity (Wildman–Crippen MR) is 93.4 cm³/mol. The normalized spacial score (nSPS) is 25.3. The average Bonchev–Trinajstić information content (AvgIpc) is 2.93. The molecule has 3 heterocycles. The van der Waals surface area contributed by atoms with Crippen molar-refractivity contribution in [1.82, 2.24) is 9.80 Å². The van der Waals surface area contributed by atoms with E-state index in [0.717, 1.165) is 49.3 Å². The van der Waals surface area contributed by atoms with Gasteiger partial charge in [0.2, 0.25) is 0 Å². The number of rotatable bonds is 2. The predicted octanol–water partition coefficient (Wildman–Crippen LogP) is 1.92. The fourth-order valence-corrected chi connectivity index (χ4v) is 3.92. The number of likely N-dealkylation sites (N-methyl/N-ethyl adjacent to an activating group) is 1. The van der Waals surface area contributed by atoms with Gasteiger partial charge in [0, 0.05) is 43.7 Å². The zero-order chi connectivity index (χ0) is 16.8. The molecule has 0 N–H and O–H groups in total. The van der Waals surface area contributed by atoms with Gasteiger partial charge in [-0.05, 0) is 49.7 Å². The van der Waals surface area contributed by atoms with Gasteiger partial charge in [-0.3, -0.25) is 9.80 Å². The second-order valence-electron chi connectivity index (χ2n) is 7.17. The van der Waals surface area contributed by atoms with Crippen molar-refractivity contribution in [3.05, 3.63) is 45.3 Å². The third kappa shape index (κ3) is 2.77. The van der Waals surface area contributed by atoms with E-state index in [1.807, 2.05) is 13.0 Å². The van der Waals surface area contributed by atoms with Crippen LogP contribution >= 0.6 is 0 Å². The Morgan fingerprint density at radius 2 is 1.96 bits per heavy atom. The number of morpholine rings is 1. The van der Waals surface area contributed by atoms with Crippen LogP contribution in [0.3, 0.4) is 0 Å². The first kappa shape index (κ1) is 15.8. The Morgan fingerprint density at radius 1 is 1.17 bits per heavy atom.